The predicted molar refractivity (Wildman–Crippen MR) is 214 cm³/mol. The lowest BCUT2D eigenvalue weighted by Gasteiger charge is -2.24. The molecule has 1 aliphatic heterocycles. The SMILES string of the molecule is C/C(=C\C=C(/C)c1cc(C2=NC(c3ccccc3)=NC(c3ccccc3)N2)cc2c1oc1cc3ccccc3cc12)c1cccc2ccccc12. The molecule has 0 amide bonds. The molecule has 0 fully saturated rings. The monoisotopic (exact) mass is 657 g/mol. The third-order valence-electron chi connectivity index (χ3n) is 9.82. The van der Waals surface area contributed by atoms with Crippen molar-refractivity contribution in [2.75, 3.05) is 0 Å². The smallest absolute Gasteiger partial charge is 0.159 e. The third-order valence-corrected chi connectivity index (χ3v) is 9.82. The van der Waals surface area contributed by atoms with Crippen LogP contribution >= 0.6 is 0 Å². The molecule has 4 heteroatoms. The van der Waals surface area contributed by atoms with Gasteiger partial charge in [0.2, 0.25) is 0 Å². The molecule has 1 unspecified atom stereocenters. The zero-order chi connectivity index (χ0) is 34.3. The molecule has 0 saturated carbocycles. The summed E-state index contributed by atoms with van der Waals surface area (Å²) in [5, 5.41) is 10.6. The number of furan rings is 1. The summed E-state index contributed by atoms with van der Waals surface area (Å²) in [5.74, 6) is 1.47. The molecule has 1 N–H and O–H groups in total. The minimum atomic E-state index is -0.291. The molecule has 0 aliphatic carbocycles. The molecule has 1 atom stereocenters. The summed E-state index contributed by atoms with van der Waals surface area (Å²) in [7, 11) is 0. The van der Waals surface area contributed by atoms with Crippen LogP contribution in [0, 0.1) is 0 Å². The van der Waals surface area contributed by atoms with Gasteiger partial charge in [-0.1, -0.05) is 140 Å². The van der Waals surface area contributed by atoms with Crippen LogP contribution in [-0.4, -0.2) is 11.7 Å². The molecule has 1 aliphatic rings. The highest BCUT2D eigenvalue weighted by Gasteiger charge is 2.23. The summed E-state index contributed by atoms with van der Waals surface area (Å²) in [5.41, 5.74) is 9.29. The number of aliphatic imine (C=N–C) groups is 2. The van der Waals surface area contributed by atoms with Crippen LogP contribution < -0.4 is 5.32 Å². The predicted octanol–water partition coefficient (Wildman–Crippen LogP) is 11.9. The zero-order valence-corrected chi connectivity index (χ0v) is 28.5. The summed E-state index contributed by atoms with van der Waals surface area (Å²) in [6.45, 7) is 4.34. The first-order valence-corrected chi connectivity index (χ1v) is 17.4. The molecule has 1 aromatic heterocycles. The van der Waals surface area contributed by atoms with Crippen LogP contribution in [0.2, 0.25) is 0 Å². The Kier molecular flexibility index (Phi) is 7.63. The van der Waals surface area contributed by atoms with Crippen molar-refractivity contribution >= 4 is 66.3 Å². The number of nitrogens with zero attached hydrogens (tertiary/aromatic N) is 2. The third kappa shape index (κ3) is 5.71. The Morgan fingerprint density at radius 3 is 2.00 bits per heavy atom. The normalized spacial score (nSPS) is 15.3. The fraction of sp³-hybridized carbons (Fsp3) is 0.0638. The van der Waals surface area contributed by atoms with Crippen molar-refractivity contribution in [3.63, 3.8) is 0 Å². The number of hydrogen-bond donors (Lipinski definition) is 1. The maximum Gasteiger partial charge on any atom is 0.159 e. The largest absolute Gasteiger partial charge is 0.455 e. The lowest BCUT2D eigenvalue weighted by molar-refractivity contribution is 0.667. The van der Waals surface area contributed by atoms with E-state index in [1.54, 1.807) is 0 Å². The Morgan fingerprint density at radius 2 is 1.22 bits per heavy atom. The second-order valence-electron chi connectivity index (χ2n) is 13.2. The van der Waals surface area contributed by atoms with E-state index in [2.05, 4.69) is 147 Å². The molecule has 244 valence electrons. The van der Waals surface area contributed by atoms with Crippen LogP contribution in [0.3, 0.4) is 0 Å². The number of amidine groups is 2. The maximum absolute atomic E-state index is 6.74. The van der Waals surface area contributed by atoms with Gasteiger partial charge in [0.1, 0.15) is 23.2 Å². The van der Waals surface area contributed by atoms with Gasteiger partial charge in [0.25, 0.3) is 0 Å². The summed E-state index contributed by atoms with van der Waals surface area (Å²) >= 11 is 0. The molecule has 0 saturated heterocycles. The van der Waals surface area contributed by atoms with Crippen LogP contribution in [0.25, 0.3) is 54.6 Å². The number of nitrogens with one attached hydrogen (secondary N) is 1. The van der Waals surface area contributed by atoms with Crippen molar-refractivity contribution in [2.45, 2.75) is 20.0 Å². The van der Waals surface area contributed by atoms with Gasteiger partial charge in [0, 0.05) is 27.5 Å². The van der Waals surface area contributed by atoms with Gasteiger partial charge in [-0.25, -0.2) is 9.98 Å². The van der Waals surface area contributed by atoms with Crippen LogP contribution in [0.1, 0.15) is 47.8 Å². The van der Waals surface area contributed by atoms with E-state index in [0.29, 0.717) is 5.84 Å². The highest BCUT2D eigenvalue weighted by Crippen LogP contribution is 2.38. The summed E-state index contributed by atoms with van der Waals surface area (Å²) < 4.78 is 6.74. The number of fused-ring (bicyclic) bond motifs is 5. The molecule has 4 nitrogen and oxygen atoms in total. The standard InChI is InChI=1S/C47H35N3O/c1-30(38-23-13-21-32-14-11-12-22-39(32)38)24-25-31(2)40-27-37(28-42-41-26-35-19-9-10-20-36(35)29-43(41)51-44(40)42)47-49-45(33-15-5-3-6-16-33)48-46(50-47)34-17-7-4-8-18-34/h3-29,45H,1-2H3,(H,48,49,50)/b30-24+,31-25+. The molecule has 0 bridgehead atoms. The average Bonchev–Trinajstić information content (AvgIpc) is 3.56. The summed E-state index contributed by atoms with van der Waals surface area (Å²) in [6, 6.07) is 52.8. The number of rotatable bonds is 6. The maximum atomic E-state index is 6.74. The van der Waals surface area contributed by atoms with E-state index < -0.39 is 0 Å². The highest BCUT2D eigenvalue weighted by molar-refractivity contribution is 6.18. The van der Waals surface area contributed by atoms with Gasteiger partial charge in [-0.05, 0) is 81.9 Å². The van der Waals surface area contributed by atoms with Gasteiger partial charge in [-0.15, -0.1) is 0 Å². The van der Waals surface area contributed by atoms with Crippen LogP contribution in [0.5, 0.6) is 0 Å². The first-order valence-electron chi connectivity index (χ1n) is 17.4. The van der Waals surface area contributed by atoms with E-state index in [0.717, 1.165) is 61.0 Å². The van der Waals surface area contributed by atoms with Gasteiger partial charge in [-0.2, -0.15) is 0 Å². The lowest BCUT2D eigenvalue weighted by Crippen LogP contribution is -2.33. The van der Waals surface area contributed by atoms with E-state index in [1.165, 1.54) is 27.3 Å². The van der Waals surface area contributed by atoms with Crippen LogP contribution in [0.15, 0.2) is 178 Å². The molecule has 0 radical (unpaired) electrons. The topological polar surface area (TPSA) is 49.9 Å². The van der Waals surface area contributed by atoms with Crippen molar-refractivity contribution in [2.24, 2.45) is 9.98 Å². The molecule has 8 aromatic rings. The Bertz CT molecular complexity index is 2730. The molecule has 51 heavy (non-hydrogen) atoms. The first kappa shape index (κ1) is 30.5. The summed E-state index contributed by atoms with van der Waals surface area (Å²) in [6.07, 6.45) is 4.13. The zero-order valence-electron chi connectivity index (χ0n) is 28.5. The summed E-state index contributed by atoms with van der Waals surface area (Å²) in [4.78, 5) is 10.2. The van der Waals surface area contributed by atoms with E-state index in [9.17, 15) is 0 Å². The number of benzene rings is 7. The first-order chi connectivity index (χ1) is 25.1. The highest BCUT2D eigenvalue weighted by atomic mass is 16.3. The van der Waals surface area contributed by atoms with Crippen molar-refractivity contribution in [3.05, 3.63) is 192 Å². The Hall–Kier alpha value is -6.52. The van der Waals surface area contributed by atoms with E-state index in [4.69, 9.17) is 14.4 Å². The Labute approximate surface area is 296 Å². The van der Waals surface area contributed by atoms with Crippen molar-refractivity contribution in [1.29, 1.82) is 0 Å². The molecular formula is C47H35N3O. The van der Waals surface area contributed by atoms with Crippen LogP contribution in [0.4, 0.5) is 0 Å². The molecule has 9 rings (SSSR count). The minimum absolute atomic E-state index is 0.291. The van der Waals surface area contributed by atoms with Crippen LogP contribution in [-0.2, 0) is 0 Å². The van der Waals surface area contributed by atoms with Gasteiger partial charge in [0.05, 0.1) is 0 Å². The van der Waals surface area contributed by atoms with E-state index >= 15 is 0 Å². The van der Waals surface area contributed by atoms with Crippen molar-refractivity contribution < 1.29 is 4.42 Å². The number of hydrogen-bond acceptors (Lipinski definition) is 4. The quantitative estimate of drug-likeness (QED) is 0.181. The Balaban J connectivity index is 1.23. The average molecular weight is 658 g/mol. The fourth-order valence-corrected chi connectivity index (χ4v) is 7.11. The van der Waals surface area contributed by atoms with Gasteiger partial charge >= 0.3 is 0 Å². The molecular weight excluding hydrogens is 623 g/mol. The minimum Gasteiger partial charge on any atom is -0.455 e. The second-order valence-corrected chi connectivity index (χ2v) is 13.2. The van der Waals surface area contributed by atoms with Gasteiger partial charge < -0.3 is 9.73 Å². The van der Waals surface area contributed by atoms with Crippen molar-refractivity contribution in [1.82, 2.24) is 5.32 Å². The lowest BCUT2D eigenvalue weighted by atomic mass is 9.96. The van der Waals surface area contributed by atoms with Crippen molar-refractivity contribution in [3.8, 4) is 0 Å². The van der Waals surface area contributed by atoms with Gasteiger partial charge in [0.15, 0.2) is 5.84 Å². The van der Waals surface area contributed by atoms with E-state index in [1.807, 2.05) is 36.4 Å². The molecule has 7 aromatic carbocycles. The fourth-order valence-electron chi connectivity index (χ4n) is 7.11. The Morgan fingerprint density at radius 1 is 0.569 bits per heavy atom. The molecule has 0 spiro atoms. The second kappa shape index (κ2) is 12.7. The van der Waals surface area contributed by atoms with E-state index in [-0.39, 0.29) is 6.17 Å². The number of allylic oxidation sites excluding steroid dienone is 4. The molecule has 2 heterocycles. The van der Waals surface area contributed by atoms with Gasteiger partial charge in [-0.3, -0.25) is 0 Å².